The molecular formula is C14H15BBrClN2. The van der Waals surface area contributed by atoms with Crippen molar-refractivity contribution in [2.24, 2.45) is 0 Å². The average molecular weight is 337 g/mol. The molecule has 0 radical (unpaired) electrons. The molecule has 1 unspecified atom stereocenters. The summed E-state index contributed by atoms with van der Waals surface area (Å²) < 4.78 is 1.09. The number of benzene rings is 1. The van der Waals surface area contributed by atoms with E-state index in [1.54, 1.807) is 0 Å². The minimum Gasteiger partial charge on any atom is -0.368 e. The second kappa shape index (κ2) is 5.38. The van der Waals surface area contributed by atoms with Crippen LogP contribution in [0.3, 0.4) is 0 Å². The van der Waals surface area contributed by atoms with Crippen molar-refractivity contribution < 1.29 is 0 Å². The summed E-state index contributed by atoms with van der Waals surface area (Å²) in [5.74, 6) is 2.42. The highest BCUT2D eigenvalue weighted by atomic mass is 79.9. The largest absolute Gasteiger partial charge is 0.368 e. The SMILES string of the molecule is N#CB1CCC(N2CCCc3cc(Cl)cc(Br)c32)C1. The maximum Gasteiger partial charge on any atom is 0.269 e. The zero-order valence-corrected chi connectivity index (χ0v) is 13.0. The predicted molar refractivity (Wildman–Crippen MR) is 84.2 cm³/mol. The normalized spacial score (nSPS) is 22.3. The van der Waals surface area contributed by atoms with E-state index < -0.39 is 0 Å². The Kier molecular flexibility index (Phi) is 3.78. The standard InChI is InChI=1S/C14H15BBrClN2/c16-13-7-11(17)6-10-2-1-5-19(14(10)13)12-3-4-15(8-12)9-18/h6-7,12H,1-5,8H2. The van der Waals surface area contributed by atoms with Crippen molar-refractivity contribution in [3.63, 3.8) is 0 Å². The molecule has 0 aliphatic carbocycles. The maximum atomic E-state index is 9.07. The number of aryl methyl sites for hydroxylation is 1. The highest BCUT2D eigenvalue weighted by Crippen LogP contribution is 2.40. The van der Waals surface area contributed by atoms with E-state index in [0.717, 1.165) is 41.5 Å². The fraction of sp³-hybridized carbons (Fsp3) is 0.500. The lowest BCUT2D eigenvalue weighted by molar-refractivity contribution is 0.594. The van der Waals surface area contributed by atoms with Gasteiger partial charge < -0.3 is 4.90 Å². The fourth-order valence-corrected chi connectivity index (χ4v) is 4.51. The zero-order valence-electron chi connectivity index (χ0n) is 10.7. The van der Waals surface area contributed by atoms with Gasteiger partial charge in [0.05, 0.1) is 5.69 Å². The van der Waals surface area contributed by atoms with Gasteiger partial charge in [0, 0.05) is 28.1 Å². The molecule has 98 valence electrons. The molecule has 0 aromatic heterocycles. The fourth-order valence-electron chi connectivity index (χ4n) is 3.41. The van der Waals surface area contributed by atoms with E-state index in [4.69, 9.17) is 16.9 Å². The Labute approximate surface area is 127 Å². The number of fused-ring (bicyclic) bond motifs is 1. The third kappa shape index (κ3) is 2.51. The Morgan fingerprint density at radius 1 is 1.47 bits per heavy atom. The third-order valence-corrected chi connectivity index (χ3v) is 5.09. The van der Waals surface area contributed by atoms with Gasteiger partial charge in [-0.2, -0.15) is 0 Å². The van der Waals surface area contributed by atoms with Crippen LogP contribution < -0.4 is 4.90 Å². The lowest BCUT2D eigenvalue weighted by Crippen LogP contribution is -2.38. The van der Waals surface area contributed by atoms with Crippen LogP contribution in [0.1, 0.15) is 18.4 Å². The average Bonchev–Trinajstić information content (AvgIpc) is 2.86. The molecule has 0 amide bonds. The van der Waals surface area contributed by atoms with Crippen molar-refractivity contribution >= 4 is 39.9 Å². The molecule has 0 spiro atoms. The molecule has 5 heteroatoms. The van der Waals surface area contributed by atoms with Gasteiger partial charge in [-0.3, -0.25) is 0 Å². The smallest absolute Gasteiger partial charge is 0.269 e. The lowest BCUT2D eigenvalue weighted by Gasteiger charge is -2.37. The van der Waals surface area contributed by atoms with Gasteiger partial charge in [0.2, 0.25) is 0 Å². The Bertz CT molecular complexity index is 543. The van der Waals surface area contributed by atoms with Gasteiger partial charge in [-0.05, 0) is 59.2 Å². The van der Waals surface area contributed by atoms with Crippen molar-refractivity contribution in [3.8, 4) is 5.97 Å². The summed E-state index contributed by atoms with van der Waals surface area (Å²) in [4.78, 5) is 2.50. The van der Waals surface area contributed by atoms with Crippen molar-refractivity contribution in [3.05, 3.63) is 27.2 Å². The predicted octanol–water partition coefficient (Wildman–Crippen LogP) is 4.18. The maximum absolute atomic E-state index is 9.07. The summed E-state index contributed by atoms with van der Waals surface area (Å²) in [6, 6.07) is 4.58. The molecular weight excluding hydrogens is 322 g/mol. The van der Waals surface area contributed by atoms with E-state index >= 15 is 0 Å². The minimum atomic E-state index is 0.237. The first kappa shape index (κ1) is 13.3. The van der Waals surface area contributed by atoms with Gasteiger partial charge in [0.25, 0.3) is 6.71 Å². The van der Waals surface area contributed by atoms with Gasteiger partial charge in [-0.1, -0.05) is 17.9 Å². The highest BCUT2D eigenvalue weighted by Gasteiger charge is 2.34. The third-order valence-electron chi connectivity index (χ3n) is 4.27. The molecule has 19 heavy (non-hydrogen) atoms. The number of hydrogen-bond donors (Lipinski definition) is 0. The van der Waals surface area contributed by atoms with Crippen molar-refractivity contribution in [1.29, 1.82) is 5.26 Å². The summed E-state index contributed by atoms with van der Waals surface area (Å²) in [7, 11) is 0. The molecule has 0 bridgehead atoms. The summed E-state index contributed by atoms with van der Waals surface area (Å²) in [5.41, 5.74) is 2.64. The van der Waals surface area contributed by atoms with Crippen LogP contribution in [-0.4, -0.2) is 19.3 Å². The van der Waals surface area contributed by atoms with Gasteiger partial charge in [0.15, 0.2) is 0 Å². The Morgan fingerprint density at radius 3 is 3.05 bits per heavy atom. The van der Waals surface area contributed by atoms with Crippen LogP contribution in [0.25, 0.3) is 0 Å². The van der Waals surface area contributed by atoms with E-state index in [-0.39, 0.29) is 6.71 Å². The monoisotopic (exact) mass is 336 g/mol. The Hall–Kier alpha value is -0.655. The van der Waals surface area contributed by atoms with Gasteiger partial charge >= 0.3 is 0 Å². The van der Waals surface area contributed by atoms with Crippen molar-refractivity contribution in [2.75, 3.05) is 11.4 Å². The molecule has 0 N–H and O–H groups in total. The topological polar surface area (TPSA) is 27.0 Å². The summed E-state index contributed by atoms with van der Waals surface area (Å²) >= 11 is 9.80. The van der Waals surface area contributed by atoms with Crippen molar-refractivity contribution in [2.45, 2.75) is 37.9 Å². The summed E-state index contributed by atoms with van der Waals surface area (Å²) in [6.45, 7) is 1.33. The molecule has 2 aliphatic heterocycles. The van der Waals surface area contributed by atoms with Gasteiger partial charge in [-0.15, -0.1) is 0 Å². The van der Waals surface area contributed by atoms with Crippen LogP contribution in [0.15, 0.2) is 16.6 Å². The van der Waals surface area contributed by atoms with E-state index in [2.05, 4.69) is 32.9 Å². The van der Waals surface area contributed by atoms with E-state index in [1.807, 2.05) is 6.07 Å². The van der Waals surface area contributed by atoms with Crippen molar-refractivity contribution in [1.82, 2.24) is 0 Å². The van der Waals surface area contributed by atoms with Crippen LogP contribution in [0.5, 0.6) is 0 Å². The Morgan fingerprint density at radius 2 is 2.32 bits per heavy atom. The van der Waals surface area contributed by atoms with E-state index in [1.165, 1.54) is 17.7 Å². The summed E-state index contributed by atoms with van der Waals surface area (Å²) in [6.07, 6.45) is 5.45. The Balaban J connectivity index is 1.93. The second-order valence-corrected chi connectivity index (χ2v) is 6.78. The van der Waals surface area contributed by atoms with Gasteiger partial charge in [0.1, 0.15) is 0 Å². The first-order chi connectivity index (χ1) is 9.19. The van der Waals surface area contributed by atoms with Crippen LogP contribution in [0.2, 0.25) is 17.7 Å². The number of rotatable bonds is 1. The van der Waals surface area contributed by atoms with Crippen LogP contribution in [0, 0.1) is 11.2 Å². The second-order valence-electron chi connectivity index (χ2n) is 5.49. The summed E-state index contributed by atoms with van der Waals surface area (Å²) in [5, 5.41) is 9.87. The molecule has 0 saturated carbocycles. The van der Waals surface area contributed by atoms with Crippen LogP contribution in [0.4, 0.5) is 5.69 Å². The quantitative estimate of drug-likeness (QED) is 0.719. The molecule has 2 heterocycles. The molecule has 3 rings (SSSR count). The number of anilines is 1. The zero-order chi connectivity index (χ0) is 13.4. The minimum absolute atomic E-state index is 0.237. The molecule has 1 atom stereocenters. The number of halogens is 2. The molecule has 2 aliphatic rings. The highest BCUT2D eigenvalue weighted by molar-refractivity contribution is 9.10. The van der Waals surface area contributed by atoms with E-state index in [9.17, 15) is 0 Å². The first-order valence-corrected chi connectivity index (χ1v) is 8.00. The molecule has 1 saturated heterocycles. The molecule has 1 fully saturated rings. The number of hydrogen-bond acceptors (Lipinski definition) is 2. The number of nitrogens with zero attached hydrogens (tertiary/aromatic N) is 2. The molecule has 1 aromatic carbocycles. The van der Waals surface area contributed by atoms with Crippen LogP contribution in [-0.2, 0) is 6.42 Å². The first-order valence-electron chi connectivity index (χ1n) is 6.83. The molecule has 1 aromatic rings. The van der Waals surface area contributed by atoms with E-state index in [0.29, 0.717) is 6.04 Å². The van der Waals surface area contributed by atoms with Crippen LogP contribution >= 0.6 is 27.5 Å². The number of nitriles is 1. The lowest BCUT2D eigenvalue weighted by atomic mass is 9.50. The molecule has 2 nitrogen and oxygen atoms in total. The van der Waals surface area contributed by atoms with Gasteiger partial charge in [-0.25, -0.2) is 5.26 Å².